The van der Waals surface area contributed by atoms with E-state index in [1.54, 1.807) is 12.1 Å². The molecule has 0 radical (unpaired) electrons. The van der Waals surface area contributed by atoms with E-state index in [9.17, 15) is 9.59 Å². The summed E-state index contributed by atoms with van der Waals surface area (Å²) in [7, 11) is 0. The van der Waals surface area contributed by atoms with E-state index in [1.165, 1.54) is 12.1 Å². The van der Waals surface area contributed by atoms with Crippen LogP contribution < -0.4 is 0 Å². The zero-order chi connectivity index (χ0) is 15.3. The van der Waals surface area contributed by atoms with Crippen LogP contribution >= 0.6 is 0 Å². The molecule has 0 bridgehead atoms. The lowest BCUT2D eigenvalue weighted by molar-refractivity contribution is -0.00642. The summed E-state index contributed by atoms with van der Waals surface area (Å²) in [6.07, 6.45) is 1.42. The second-order valence-corrected chi connectivity index (χ2v) is 5.90. The molecule has 0 aliphatic carbocycles. The van der Waals surface area contributed by atoms with Crippen LogP contribution in [0.2, 0.25) is 0 Å². The zero-order valence-corrected chi connectivity index (χ0v) is 12.5. The van der Waals surface area contributed by atoms with Gasteiger partial charge in [0.05, 0.1) is 11.1 Å². The predicted molar refractivity (Wildman–Crippen MR) is 77.0 cm³/mol. The summed E-state index contributed by atoms with van der Waals surface area (Å²) in [5.74, 6) is -1.70. The summed E-state index contributed by atoms with van der Waals surface area (Å²) in [6, 6.07) is 6.12. The van der Waals surface area contributed by atoms with Crippen molar-refractivity contribution in [3.63, 3.8) is 0 Å². The smallest absolute Gasteiger partial charge is 0.339 e. The van der Waals surface area contributed by atoms with E-state index in [0.717, 1.165) is 12.8 Å². The first kappa shape index (κ1) is 16.2. The van der Waals surface area contributed by atoms with Gasteiger partial charge in [-0.2, -0.15) is 0 Å². The molecule has 0 unspecified atom stereocenters. The molecule has 0 saturated carbocycles. The van der Waals surface area contributed by atoms with E-state index >= 15 is 0 Å². The van der Waals surface area contributed by atoms with E-state index in [0.29, 0.717) is 0 Å². The van der Waals surface area contributed by atoms with Crippen LogP contribution in [0.15, 0.2) is 24.3 Å². The molecule has 0 spiro atoms. The highest BCUT2D eigenvalue weighted by Gasteiger charge is 2.29. The Morgan fingerprint density at radius 3 is 2.20 bits per heavy atom. The number of benzene rings is 1. The molecule has 0 aliphatic rings. The van der Waals surface area contributed by atoms with Crippen molar-refractivity contribution in [2.45, 2.75) is 46.6 Å². The third-order valence-electron chi connectivity index (χ3n) is 3.14. The summed E-state index contributed by atoms with van der Waals surface area (Å²) in [6.45, 7) is 8.04. The van der Waals surface area contributed by atoms with Crippen LogP contribution in [0, 0.1) is 5.41 Å². The third kappa shape index (κ3) is 4.08. The topological polar surface area (TPSA) is 63.6 Å². The molecule has 0 heterocycles. The number of aromatic carboxylic acids is 1. The van der Waals surface area contributed by atoms with E-state index in [-0.39, 0.29) is 22.6 Å². The van der Waals surface area contributed by atoms with Crippen molar-refractivity contribution < 1.29 is 19.4 Å². The number of esters is 1. The number of carboxylic acid groups (broad SMARTS) is 1. The van der Waals surface area contributed by atoms with Crippen molar-refractivity contribution >= 4 is 11.9 Å². The Morgan fingerprint density at radius 2 is 1.75 bits per heavy atom. The van der Waals surface area contributed by atoms with Gasteiger partial charge in [-0.05, 0) is 24.0 Å². The van der Waals surface area contributed by atoms with Gasteiger partial charge < -0.3 is 9.84 Å². The van der Waals surface area contributed by atoms with Crippen LogP contribution in [0.25, 0.3) is 0 Å². The molecule has 1 atom stereocenters. The van der Waals surface area contributed by atoms with Crippen molar-refractivity contribution in [1.82, 2.24) is 0 Å². The Labute approximate surface area is 119 Å². The quantitative estimate of drug-likeness (QED) is 0.833. The first-order valence-electron chi connectivity index (χ1n) is 6.80. The van der Waals surface area contributed by atoms with Crippen molar-refractivity contribution in [2.75, 3.05) is 0 Å². The Kier molecular flexibility index (Phi) is 5.31. The fourth-order valence-electron chi connectivity index (χ4n) is 1.97. The van der Waals surface area contributed by atoms with Crippen LogP contribution in [0.3, 0.4) is 0 Å². The highest BCUT2D eigenvalue weighted by Crippen LogP contribution is 2.27. The Hall–Kier alpha value is -1.84. The molecule has 1 aromatic carbocycles. The van der Waals surface area contributed by atoms with Gasteiger partial charge in [-0.15, -0.1) is 0 Å². The lowest BCUT2D eigenvalue weighted by Gasteiger charge is -2.30. The monoisotopic (exact) mass is 278 g/mol. The van der Waals surface area contributed by atoms with Crippen LogP contribution in [-0.2, 0) is 4.74 Å². The van der Waals surface area contributed by atoms with Gasteiger partial charge in [-0.3, -0.25) is 0 Å². The Morgan fingerprint density at radius 1 is 1.20 bits per heavy atom. The minimum atomic E-state index is -1.12. The number of carbonyl (C=O) groups is 2. The van der Waals surface area contributed by atoms with Crippen molar-refractivity contribution in [2.24, 2.45) is 5.41 Å². The summed E-state index contributed by atoms with van der Waals surface area (Å²) >= 11 is 0. The number of hydrogen-bond donors (Lipinski definition) is 1. The van der Waals surface area contributed by atoms with Crippen LogP contribution in [-0.4, -0.2) is 23.1 Å². The number of rotatable bonds is 5. The van der Waals surface area contributed by atoms with E-state index in [4.69, 9.17) is 9.84 Å². The molecule has 4 heteroatoms. The summed E-state index contributed by atoms with van der Waals surface area (Å²) in [4.78, 5) is 23.3. The molecule has 0 saturated heterocycles. The number of hydrogen-bond acceptors (Lipinski definition) is 3. The SMILES string of the molecule is CCC[C@@H](OC(=O)c1ccccc1C(=O)O)C(C)(C)C. The first-order chi connectivity index (χ1) is 9.27. The Balaban J connectivity index is 2.98. The molecular weight excluding hydrogens is 256 g/mol. The molecule has 110 valence electrons. The van der Waals surface area contributed by atoms with E-state index < -0.39 is 11.9 Å². The maximum atomic E-state index is 12.2. The maximum Gasteiger partial charge on any atom is 0.339 e. The van der Waals surface area contributed by atoms with Gasteiger partial charge in [0.2, 0.25) is 0 Å². The molecule has 0 amide bonds. The van der Waals surface area contributed by atoms with Crippen molar-refractivity contribution in [3.8, 4) is 0 Å². The number of ether oxygens (including phenoxy) is 1. The maximum absolute atomic E-state index is 12.2. The average molecular weight is 278 g/mol. The molecule has 0 aliphatic heterocycles. The van der Waals surface area contributed by atoms with Gasteiger partial charge in [-0.25, -0.2) is 9.59 Å². The molecule has 0 aromatic heterocycles. The van der Waals surface area contributed by atoms with Gasteiger partial charge in [0.1, 0.15) is 6.10 Å². The van der Waals surface area contributed by atoms with Crippen molar-refractivity contribution in [3.05, 3.63) is 35.4 Å². The van der Waals surface area contributed by atoms with Crippen LogP contribution in [0.4, 0.5) is 0 Å². The fraction of sp³-hybridized carbons (Fsp3) is 0.500. The van der Waals surface area contributed by atoms with Crippen LogP contribution in [0.5, 0.6) is 0 Å². The molecule has 1 N–H and O–H groups in total. The largest absolute Gasteiger partial charge is 0.478 e. The van der Waals surface area contributed by atoms with E-state index in [2.05, 4.69) is 0 Å². The molecule has 1 rings (SSSR count). The van der Waals surface area contributed by atoms with Gasteiger partial charge in [0.15, 0.2) is 0 Å². The lowest BCUT2D eigenvalue weighted by atomic mass is 9.86. The lowest BCUT2D eigenvalue weighted by Crippen LogP contribution is -2.32. The molecule has 20 heavy (non-hydrogen) atoms. The molecule has 0 fully saturated rings. The normalized spacial score (nSPS) is 12.8. The first-order valence-corrected chi connectivity index (χ1v) is 6.80. The fourth-order valence-corrected chi connectivity index (χ4v) is 1.97. The second kappa shape index (κ2) is 6.55. The standard InChI is InChI=1S/C16H22O4/c1-5-8-13(16(2,3)4)20-15(19)12-10-7-6-9-11(12)14(17)18/h6-7,9-10,13H,5,8H2,1-4H3,(H,17,18)/t13-/m1/s1. The van der Waals surface area contributed by atoms with E-state index in [1.807, 2.05) is 27.7 Å². The van der Waals surface area contributed by atoms with Gasteiger partial charge in [0.25, 0.3) is 0 Å². The molecule has 4 nitrogen and oxygen atoms in total. The number of carboxylic acids is 1. The highest BCUT2D eigenvalue weighted by atomic mass is 16.5. The predicted octanol–water partition coefficient (Wildman–Crippen LogP) is 3.76. The molecular formula is C16H22O4. The van der Waals surface area contributed by atoms with Crippen molar-refractivity contribution in [1.29, 1.82) is 0 Å². The minimum absolute atomic E-state index is 0.0262. The minimum Gasteiger partial charge on any atom is -0.478 e. The average Bonchev–Trinajstić information content (AvgIpc) is 2.37. The van der Waals surface area contributed by atoms with Gasteiger partial charge >= 0.3 is 11.9 Å². The summed E-state index contributed by atoms with van der Waals surface area (Å²) < 4.78 is 5.53. The van der Waals surface area contributed by atoms with Crippen LogP contribution in [0.1, 0.15) is 61.3 Å². The second-order valence-electron chi connectivity index (χ2n) is 5.90. The third-order valence-corrected chi connectivity index (χ3v) is 3.14. The van der Waals surface area contributed by atoms with Gasteiger partial charge in [0, 0.05) is 0 Å². The molecule has 1 aromatic rings. The summed E-state index contributed by atoms with van der Waals surface area (Å²) in [5, 5.41) is 9.10. The summed E-state index contributed by atoms with van der Waals surface area (Å²) in [5.41, 5.74) is -0.101. The highest BCUT2D eigenvalue weighted by molar-refractivity contribution is 6.02. The Bertz CT molecular complexity index is 485. The zero-order valence-electron chi connectivity index (χ0n) is 12.5. The van der Waals surface area contributed by atoms with Gasteiger partial charge in [-0.1, -0.05) is 46.2 Å². The number of carbonyl (C=O) groups excluding carboxylic acids is 1.